The molecule has 31 heavy (non-hydrogen) atoms. The number of non-ortho nitro benzene ring substituents is 1. The standard InChI is InChI=1S/C21H25N3O5S2/c1-15-4-3-13-23(14-15)31(28,29)20-11-5-17(6-12-20)22-21(25)16(2)30-19-9-7-18(8-10-19)24(26)27/h5-12,15-16H,3-4,13-14H2,1-2H3,(H,22,25). The van der Waals surface area contributed by atoms with E-state index in [9.17, 15) is 23.3 Å². The highest BCUT2D eigenvalue weighted by atomic mass is 32.2. The van der Waals surface area contributed by atoms with Crippen molar-refractivity contribution in [3.05, 3.63) is 58.6 Å². The monoisotopic (exact) mass is 463 g/mol. The highest BCUT2D eigenvalue weighted by Gasteiger charge is 2.28. The molecule has 2 atom stereocenters. The summed E-state index contributed by atoms with van der Waals surface area (Å²) in [6.07, 6.45) is 1.89. The molecule has 2 unspecified atom stereocenters. The minimum Gasteiger partial charge on any atom is -0.325 e. The van der Waals surface area contributed by atoms with Crippen molar-refractivity contribution >= 4 is 39.1 Å². The summed E-state index contributed by atoms with van der Waals surface area (Å²) in [5.74, 6) is 0.0978. The minimum absolute atomic E-state index is 0.00416. The summed E-state index contributed by atoms with van der Waals surface area (Å²) >= 11 is 1.28. The second-order valence-electron chi connectivity index (χ2n) is 7.64. The lowest BCUT2D eigenvalue weighted by atomic mass is 10.0. The zero-order valence-electron chi connectivity index (χ0n) is 17.4. The van der Waals surface area contributed by atoms with Crippen molar-refractivity contribution in [2.75, 3.05) is 18.4 Å². The average molecular weight is 464 g/mol. The van der Waals surface area contributed by atoms with Gasteiger partial charge in [0.05, 0.1) is 15.1 Å². The summed E-state index contributed by atoms with van der Waals surface area (Å²) in [4.78, 5) is 23.7. The molecule has 0 saturated carbocycles. The predicted octanol–water partition coefficient (Wildman–Crippen LogP) is 4.13. The Hall–Kier alpha value is -2.43. The molecule has 1 heterocycles. The fourth-order valence-corrected chi connectivity index (χ4v) is 5.84. The van der Waals surface area contributed by atoms with Gasteiger partial charge < -0.3 is 5.32 Å². The molecular formula is C21H25N3O5S2. The molecule has 0 bridgehead atoms. The zero-order valence-corrected chi connectivity index (χ0v) is 19.0. The van der Waals surface area contributed by atoms with Gasteiger partial charge in [-0.15, -0.1) is 11.8 Å². The van der Waals surface area contributed by atoms with Crippen molar-refractivity contribution in [3.8, 4) is 0 Å². The van der Waals surface area contributed by atoms with Crippen molar-refractivity contribution in [1.82, 2.24) is 4.31 Å². The van der Waals surface area contributed by atoms with Crippen molar-refractivity contribution in [1.29, 1.82) is 0 Å². The van der Waals surface area contributed by atoms with Crippen LogP contribution in [0.2, 0.25) is 0 Å². The van der Waals surface area contributed by atoms with Gasteiger partial charge >= 0.3 is 0 Å². The number of benzene rings is 2. The van der Waals surface area contributed by atoms with Gasteiger partial charge in [0.25, 0.3) is 5.69 Å². The van der Waals surface area contributed by atoms with Crippen molar-refractivity contribution in [2.24, 2.45) is 5.92 Å². The molecule has 166 valence electrons. The Morgan fingerprint density at radius 1 is 1.19 bits per heavy atom. The van der Waals surface area contributed by atoms with Crippen LogP contribution in [-0.4, -0.2) is 41.9 Å². The molecule has 0 aromatic heterocycles. The Kier molecular flexibility index (Phi) is 7.34. The third-order valence-corrected chi connectivity index (χ3v) is 8.10. The molecule has 10 heteroatoms. The number of carbonyl (C=O) groups excluding carboxylic acids is 1. The highest BCUT2D eigenvalue weighted by molar-refractivity contribution is 8.00. The maximum atomic E-state index is 12.8. The number of piperidine rings is 1. The molecule has 0 spiro atoms. The molecule has 1 amide bonds. The second-order valence-corrected chi connectivity index (χ2v) is 11.0. The van der Waals surface area contributed by atoms with Crippen molar-refractivity contribution < 1.29 is 18.1 Å². The summed E-state index contributed by atoms with van der Waals surface area (Å²) in [5.41, 5.74) is 0.502. The van der Waals surface area contributed by atoms with Crippen molar-refractivity contribution in [3.63, 3.8) is 0 Å². The molecule has 1 saturated heterocycles. The molecule has 0 radical (unpaired) electrons. The number of sulfonamides is 1. The summed E-state index contributed by atoms with van der Waals surface area (Å²) in [5, 5.41) is 13.1. The van der Waals surface area contributed by atoms with Crippen LogP contribution in [0, 0.1) is 16.0 Å². The number of carbonyl (C=O) groups is 1. The molecule has 1 fully saturated rings. The Balaban J connectivity index is 1.60. The maximum Gasteiger partial charge on any atom is 0.269 e. The number of anilines is 1. The Morgan fingerprint density at radius 3 is 2.42 bits per heavy atom. The van der Waals surface area contributed by atoms with Gasteiger partial charge in [0, 0.05) is 35.8 Å². The Labute approximate surface area is 186 Å². The number of hydrogen-bond acceptors (Lipinski definition) is 6. The van der Waals surface area contributed by atoms with Gasteiger partial charge in [0.15, 0.2) is 0 Å². The van der Waals surface area contributed by atoms with Crippen LogP contribution in [0.5, 0.6) is 0 Å². The molecule has 1 aliphatic rings. The minimum atomic E-state index is -3.54. The molecule has 1 N–H and O–H groups in total. The van der Waals surface area contributed by atoms with Gasteiger partial charge in [-0.2, -0.15) is 4.31 Å². The van der Waals surface area contributed by atoms with E-state index in [-0.39, 0.29) is 16.5 Å². The lowest BCUT2D eigenvalue weighted by Crippen LogP contribution is -2.39. The second kappa shape index (κ2) is 9.80. The predicted molar refractivity (Wildman–Crippen MR) is 121 cm³/mol. The molecular weight excluding hydrogens is 438 g/mol. The third kappa shape index (κ3) is 5.84. The number of nitrogens with zero attached hydrogens (tertiary/aromatic N) is 2. The van der Waals surface area contributed by atoms with Gasteiger partial charge in [0.2, 0.25) is 15.9 Å². The van der Waals surface area contributed by atoms with Crippen LogP contribution in [0.15, 0.2) is 58.3 Å². The summed E-state index contributed by atoms with van der Waals surface area (Å²) in [6, 6.07) is 12.2. The van der Waals surface area contributed by atoms with E-state index in [0.717, 1.165) is 17.7 Å². The number of amides is 1. The smallest absolute Gasteiger partial charge is 0.269 e. The maximum absolute atomic E-state index is 12.8. The molecule has 2 aromatic rings. The molecule has 8 nitrogen and oxygen atoms in total. The number of hydrogen-bond donors (Lipinski definition) is 1. The van der Waals surface area contributed by atoms with Gasteiger partial charge in [-0.05, 0) is 62.1 Å². The average Bonchev–Trinajstić information content (AvgIpc) is 2.74. The molecule has 3 rings (SSSR count). The van der Waals surface area contributed by atoms with Crippen molar-refractivity contribution in [2.45, 2.75) is 41.7 Å². The number of nitro benzene ring substituents is 1. The van der Waals surface area contributed by atoms with Crippen LogP contribution in [0.1, 0.15) is 26.7 Å². The topological polar surface area (TPSA) is 110 Å². The van der Waals surface area contributed by atoms with Crippen LogP contribution < -0.4 is 5.32 Å². The number of nitrogens with one attached hydrogen (secondary N) is 1. The van der Waals surface area contributed by atoms with Crippen LogP contribution in [0.25, 0.3) is 0 Å². The first kappa shape index (κ1) is 23.2. The normalized spacial score (nSPS) is 18.3. The number of thioether (sulfide) groups is 1. The SMILES string of the molecule is CC1CCCN(S(=O)(=O)c2ccc(NC(=O)C(C)Sc3ccc([N+](=O)[O-])cc3)cc2)C1. The Bertz CT molecular complexity index is 1040. The zero-order chi connectivity index (χ0) is 22.6. The lowest BCUT2D eigenvalue weighted by molar-refractivity contribution is -0.384. The van der Waals surface area contributed by atoms with Gasteiger partial charge in [-0.1, -0.05) is 6.92 Å². The van der Waals surface area contributed by atoms with E-state index >= 15 is 0 Å². The lowest BCUT2D eigenvalue weighted by Gasteiger charge is -2.30. The fourth-order valence-electron chi connectivity index (χ4n) is 3.37. The molecule has 0 aliphatic carbocycles. The first-order chi connectivity index (χ1) is 14.7. The van der Waals surface area contributed by atoms with E-state index in [1.54, 1.807) is 31.2 Å². The van der Waals surface area contributed by atoms with E-state index in [4.69, 9.17) is 0 Å². The largest absolute Gasteiger partial charge is 0.325 e. The summed E-state index contributed by atoms with van der Waals surface area (Å²) < 4.78 is 27.2. The van der Waals surface area contributed by atoms with Gasteiger partial charge in [-0.3, -0.25) is 14.9 Å². The molecule has 1 aliphatic heterocycles. The van der Waals surface area contributed by atoms with Crippen LogP contribution in [0.3, 0.4) is 0 Å². The number of rotatable bonds is 7. The quantitative estimate of drug-likeness (QED) is 0.375. The van der Waals surface area contributed by atoms with Crippen LogP contribution in [-0.2, 0) is 14.8 Å². The van der Waals surface area contributed by atoms with E-state index in [2.05, 4.69) is 12.2 Å². The summed E-state index contributed by atoms with van der Waals surface area (Å²) in [6.45, 7) is 4.84. The molecule has 2 aromatic carbocycles. The number of nitro groups is 1. The van der Waals surface area contributed by atoms with E-state index in [1.807, 2.05) is 0 Å². The summed E-state index contributed by atoms with van der Waals surface area (Å²) in [7, 11) is -3.54. The van der Waals surface area contributed by atoms with E-state index < -0.39 is 20.2 Å². The van der Waals surface area contributed by atoms with Gasteiger partial charge in [-0.25, -0.2) is 8.42 Å². The highest BCUT2D eigenvalue weighted by Crippen LogP contribution is 2.27. The van der Waals surface area contributed by atoms with Gasteiger partial charge in [0.1, 0.15) is 0 Å². The first-order valence-corrected chi connectivity index (χ1v) is 12.3. The fraction of sp³-hybridized carbons (Fsp3) is 0.381. The first-order valence-electron chi connectivity index (χ1n) is 9.99. The van der Waals surface area contributed by atoms with Crippen LogP contribution in [0.4, 0.5) is 11.4 Å². The van der Waals surface area contributed by atoms with Crippen LogP contribution >= 0.6 is 11.8 Å². The van der Waals surface area contributed by atoms with E-state index in [0.29, 0.717) is 24.7 Å². The third-order valence-electron chi connectivity index (χ3n) is 5.11. The Morgan fingerprint density at radius 2 is 1.84 bits per heavy atom. The van der Waals surface area contributed by atoms with E-state index in [1.165, 1.54) is 40.3 Å².